The third-order valence-electron chi connectivity index (χ3n) is 3.55. The molecule has 1 amide bonds. The largest absolute Gasteiger partial charge is 0.444 e. The third-order valence-corrected chi connectivity index (χ3v) is 3.55. The van der Waals surface area contributed by atoms with E-state index in [9.17, 15) is 4.79 Å². The molecule has 0 bridgehead atoms. The predicted molar refractivity (Wildman–Crippen MR) is 97.2 cm³/mol. The van der Waals surface area contributed by atoms with E-state index in [4.69, 9.17) is 4.74 Å². The fourth-order valence-corrected chi connectivity index (χ4v) is 2.34. The van der Waals surface area contributed by atoms with E-state index in [1.165, 1.54) is 0 Å². The van der Waals surface area contributed by atoms with Crippen molar-refractivity contribution >= 4 is 6.09 Å². The summed E-state index contributed by atoms with van der Waals surface area (Å²) in [4.78, 5) is 14.3. The van der Waals surface area contributed by atoms with Crippen molar-refractivity contribution in [3.63, 3.8) is 0 Å². The highest BCUT2D eigenvalue weighted by Gasteiger charge is 2.18. The van der Waals surface area contributed by atoms with E-state index in [1.807, 2.05) is 92.7 Å². The average Bonchev–Trinajstić information content (AvgIpc) is 2.64. The van der Waals surface area contributed by atoms with Crippen LogP contribution in [0.3, 0.4) is 0 Å². The number of amides is 1. The van der Waals surface area contributed by atoms with Crippen LogP contribution < -0.4 is 0 Å². The molecule has 0 heterocycles. The van der Waals surface area contributed by atoms with Crippen LogP contribution in [0.15, 0.2) is 84.6 Å². The van der Waals surface area contributed by atoms with Crippen molar-refractivity contribution in [1.29, 1.82) is 0 Å². The topological polar surface area (TPSA) is 29.5 Å². The van der Waals surface area contributed by atoms with E-state index in [1.54, 1.807) is 4.90 Å². The van der Waals surface area contributed by atoms with Crippen molar-refractivity contribution in [2.75, 3.05) is 0 Å². The molecule has 0 saturated carbocycles. The Labute approximate surface area is 143 Å². The van der Waals surface area contributed by atoms with Crippen molar-refractivity contribution in [1.82, 2.24) is 4.90 Å². The molecule has 0 spiro atoms. The molecule has 124 valence electrons. The minimum atomic E-state index is -0.353. The maximum atomic E-state index is 12.6. The molecule has 0 atom stereocenters. The summed E-state index contributed by atoms with van der Waals surface area (Å²) >= 11 is 0. The van der Waals surface area contributed by atoms with Crippen molar-refractivity contribution < 1.29 is 9.53 Å². The smallest absolute Gasteiger partial charge is 0.414 e. The van der Waals surface area contributed by atoms with Gasteiger partial charge in [-0.25, -0.2) is 4.79 Å². The van der Waals surface area contributed by atoms with E-state index in [-0.39, 0.29) is 12.7 Å². The van der Waals surface area contributed by atoms with Gasteiger partial charge in [-0.3, -0.25) is 4.90 Å². The molecule has 3 heteroatoms. The zero-order valence-electron chi connectivity index (χ0n) is 14.2. The first kappa shape index (κ1) is 17.5. The third kappa shape index (κ3) is 5.13. The number of carbonyl (C=O) groups is 1. The summed E-state index contributed by atoms with van der Waals surface area (Å²) in [6.45, 7) is 4.58. The van der Waals surface area contributed by atoms with E-state index in [0.717, 1.165) is 16.8 Å². The Bertz CT molecular complexity index is 690. The Morgan fingerprint density at radius 2 is 1.54 bits per heavy atom. The summed E-state index contributed by atoms with van der Waals surface area (Å²) in [6, 6.07) is 19.6. The fourth-order valence-electron chi connectivity index (χ4n) is 2.34. The van der Waals surface area contributed by atoms with Crippen LogP contribution in [0.4, 0.5) is 4.79 Å². The van der Waals surface area contributed by atoms with Gasteiger partial charge in [0.05, 0.1) is 6.54 Å². The monoisotopic (exact) mass is 321 g/mol. The minimum absolute atomic E-state index is 0.262. The van der Waals surface area contributed by atoms with E-state index in [0.29, 0.717) is 6.54 Å². The van der Waals surface area contributed by atoms with Crippen LogP contribution in [-0.2, 0) is 17.9 Å². The molecule has 0 aliphatic heterocycles. The molecule has 3 nitrogen and oxygen atoms in total. The first-order valence-corrected chi connectivity index (χ1v) is 8.05. The zero-order valence-corrected chi connectivity index (χ0v) is 14.2. The number of nitrogens with zero attached hydrogens (tertiary/aromatic N) is 1. The molecule has 0 fully saturated rings. The lowest BCUT2D eigenvalue weighted by molar-refractivity contribution is 0.106. The number of rotatable bonds is 6. The van der Waals surface area contributed by atoms with E-state index in [2.05, 4.69) is 0 Å². The van der Waals surface area contributed by atoms with Gasteiger partial charge in [-0.1, -0.05) is 72.8 Å². The molecule has 0 aliphatic carbocycles. The Morgan fingerprint density at radius 1 is 0.958 bits per heavy atom. The molecule has 0 aliphatic rings. The summed E-state index contributed by atoms with van der Waals surface area (Å²) in [5.41, 5.74) is 2.84. The SMILES string of the molecule is C/C=C\C(=C/C)N(Cc1ccccc1)C(=O)OCc1ccccc1. The van der Waals surface area contributed by atoms with Gasteiger partial charge in [-0.05, 0) is 31.1 Å². The highest BCUT2D eigenvalue weighted by molar-refractivity contribution is 5.70. The van der Waals surface area contributed by atoms with Crippen LogP contribution in [0.5, 0.6) is 0 Å². The summed E-state index contributed by atoms with van der Waals surface area (Å²) in [5, 5.41) is 0. The van der Waals surface area contributed by atoms with Crippen molar-refractivity contribution in [3.05, 3.63) is 95.7 Å². The maximum absolute atomic E-state index is 12.6. The van der Waals surface area contributed by atoms with Crippen LogP contribution in [-0.4, -0.2) is 11.0 Å². The predicted octanol–water partition coefficient (Wildman–Crippen LogP) is 5.31. The molecule has 0 radical (unpaired) electrons. The first-order valence-electron chi connectivity index (χ1n) is 8.05. The highest BCUT2D eigenvalue weighted by atomic mass is 16.6. The summed E-state index contributed by atoms with van der Waals surface area (Å²) in [5.74, 6) is 0. The van der Waals surface area contributed by atoms with Gasteiger partial charge >= 0.3 is 6.09 Å². The Kier molecular flexibility index (Phi) is 6.84. The van der Waals surface area contributed by atoms with Crippen molar-refractivity contribution in [2.45, 2.75) is 27.0 Å². The molecule has 0 aromatic heterocycles. The van der Waals surface area contributed by atoms with E-state index >= 15 is 0 Å². The number of hydrogen-bond acceptors (Lipinski definition) is 2. The first-order chi connectivity index (χ1) is 11.7. The number of benzene rings is 2. The molecule has 0 unspecified atom stereocenters. The molecular weight excluding hydrogens is 298 g/mol. The Balaban J connectivity index is 2.13. The van der Waals surface area contributed by atoms with Crippen LogP contribution >= 0.6 is 0 Å². The normalized spacial score (nSPS) is 11.5. The van der Waals surface area contributed by atoms with Crippen LogP contribution in [0.25, 0.3) is 0 Å². The Hall–Kier alpha value is -2.81. The van der Waals surface area contributed by atoms with Crippen molar-refractivity contribution in [2.24, 2.45) is 0 Å². The van der Waals surface area contributed by atoms with Crippen molar-refractivity contribution in [3.8, 4) is 0 Å². The second kappa shape index (κ2) is 9.36. The average molecular weight is 321 g/mol. The van der Waals surface area contributed by atoms with Gasteiger partial charge in [0.25, 0.3) is 0 Å². The highest BCUT2D eigenvalue weighted by Crippen LogP contribution is 2.15. The number of allylic oxidation sites excluding steroid dienone is 3. The lowest BCUT2D eigenvalue weighted by atomic mass is 10.2. The van der Waals surface area contributed by atoms with Crippen LogP contribution in [0, 0.1) is 0 Å². The van der Waals surface area contributed by atoms with Gasteiger partial charge in [0, 0.05) is 5.70 Å². The fraction of sp³-hybridized carbons (Fsp3) is 0.190. The molecule has 24 heavy (non-hydrogen) atoms. The summed E-state index contributed by atoms with van der Waals surface area (Å²) < 4.78 is 5.50. The van der Waals surface area contributed by atoms with E-state index < -0.39 is 0 Å². The molecule has 2 aromatic rings. The quantitative estimate of drug-likeness (QED) is 0.675. The van der Waals surface area contributed by atoms with Crippen LogP contribution in [0.2, 0.25) is 0 Å². The number of hydrogen-bond donors (Lipinski definition) is 0. The lowest BCUT2D eigenvalue weighted by Gasteiger charge is -2.23. The lowest BCUT2D eigenvalue weighted by Crippen LogP contribution is -2.30. The molecule has 0 N–H and O–H groups in total. The summed E-state index contributed by atoms with van der Waals surface area (Å²) in [7, 11) is 0. The van der Waals surface area contributed by atoms with Gasteiger partial charge < -0.3 is 4.74 Å². The second-order valence-corrected chi connectivity index (χ2v) is 5.33. The van der Waals surface area contributed by atoms with Gasteiger partial charge in [-0.2, -0.15) is 0 Å². The zero-order chi connectivity index (χ0) is 17.2. The minimum Gasteiger partial charge on any atom is -0.444 e. The number of ether oxygens (including phenoxy) is 1. The van der Waals surface area contributed by atoms with Gasteiger partial charge in [0.15, 0.2) is 0 Å². The second-order valence-electron chi connectivity index (χ2n) is 5.33. The molecule has 2 aromatic carbocycles. The van der Waals surface area contributed by atoms with Gasteiger partial charge in [-0.15, -0.1) is 0 Å². The van der Waals surface area contributed by atoms with Gasteiger partial charge in [0.2, 0.25) is 0 Å². The van der Waals surface area contributed by atoms with Crippen LogP contribution in [0.1, 0.15) is 25.0 Å². The number of carbonyl (C=O) groups excluding carboxylic acids is 1. The molecule has 2 rings (SSSR count). The standard InChI is InChI=1S/C21H23NO2/c1-3-11-20(4-2)22(16-18-12-7-5-8-13-18)21(23)24-17-19-14-9-6-10-15-19/h3-15H,16-17H2,1-2H3/b11-3-,20-4+. The molecular formula is C21H23NO2. The van der Waals surface area contributed by atoms with Gasteiger partial charge in [0.1, 0.15) is 6.61 Å². The summed E-state index contributed by atoms with van der Waals surface area (Å²) in [6.07, 6.45) is 5.38. The molecule has 0 saturated heterocycles. The maximum Gasteiger partial charge on any atom is 0.414 e. The Morgan fingerprint density at radius 3 is 2.08 bits per heavy atom.